The quantitative estimate of drug-likeness (QED) is 0.799. The first-order valence-electron chi connectivity index (χ1n) is 4.47. The van der Waals surface area contributed by atoms with E-state index in [9.17, 15) is 4.79 Å². The average molecular weight is 206 g/mol. The molecule has 0 aliphatic rings. The molecule has 0 fully saturated rings. The molecular formula is C10H10N2O3. The zero-order chi connectivity index (χ0) is 10.8. The molecule has 0 aliphatic heterocycles. The summed E-state index contributed by atoms with van der Waals surface area (Å²) in [6, 6.07) is 1.66. The number of H-pyrrole nitrogens is 1. The van der Waals surface area contributed by atoms with Crippen LogP contribution in [0.25, 0.3) is 11.3 Å². The molecule has 0 saturated heterocycles. The molecule has 0 amide bonds. The van der Waals surface area contributed by atoms with Crippen molar-refractivity contribution in [2.75, 3.05) is 0 Å². The molecule has 0 atom stereocenters. The summed E-state index contributed by atoms with van der Waals surface area (Å²) in [5.74, 6) is -0.303. The molecule has 0 radical (unpaired) electrons. The number of aromatic nitrogens is 2. The molecule has 2 heterocycles. The van der Waals surface area contributed by atoms with E-state index >= 15 is 0 Å². The standard InChI is InChI=1S/C10H10N2O3/c1-6-8(5-11-12-6)10-7(2-3-15-10)4-9(13)14/h2-3,5H,4H2,1H3,(H,11,12)(H,13,14). The fourth-order valence-electron chi connectivity index (χ4n) is 1.45. The van der Waals surface area contributed by atoms with Crippen molar-refractivity contribution in [1.82, 2.24) is 10.2 Å². The normalized spacial score (nSPS) is 10.5. The first-order valence-corrected chi connectivity index (χ1v) is 4.47. The highest BCUT2D eigenvalue weighted by Crippen LogP contribution is 2.26. The van der Waals surface area contributed by atoms with E-state index < -0.39 is 5.97 Å². The molecule has 0 aromatic carbocycles. The highest BCUT2D eigenvalue weighted by atomic mass is 16.4. The predicted molar refractivity (Wildman–Crippen MR) is 52.4 cm³/mol. The van der Waals surface area contributed by atoms with Crippen molar-refractivity contribution in [3.05, 3.63) is 29.8 Å². The molecule has 2 aromatic heterocycles. The molecule has 15 heavy (non-hydrogen) atoms. The molecule has 0 saturated carbocycles. The van der Waals surface area contributed by atoms with Crippen LogP contribution in [0.1, 0.15) is 11.3 Å². The number of aromatic amines is 1. The second-order valence-electron chi connectivity index (χ2n) is 3.25. The van der Waals surface area contributed by atoms with Gasteiger partial charge >= 0.3 is 5.97 Å². The van der Waals surface area contributed by atoms with Crippen LogP contribution in [-0.2, 0) is 11.2 Å². The van der Waals surface area contributed by atoms with Crippen LogP contribution in [-0.4, -0.2) is 21.3 Å². The second-order valence-corrected chi connectivity index (χ2v) is 3.25. The number of hydrogen-bond acceptors (Lipinski definition) is 3. The van der Waals surface area contributed by atoms with Crippen LogP contribution >= 0.6 is 0 Å². The Morgan fingerprint density at radius 1 is 1.67 bits per heavy atom. The van der Waals surface area contributed by atoms with E-state index in [0.717, 1.165) is 11.3 Å². The molecule has 2 rings (SSSR count). The Kier molecular flexibility index (Phi) is 2.29. The van der Waals surface area contributed by atoms with Crippen LogP contribution in [0.2, 0.25) is 0 Å². The van der Waals surface area contributed by atoms with E-state index in [1.807, 2.05) is 6.92 Å². The third-order valence-corrected chi connectivity index (χ3v) is 2.16. The van der Waals surface area contributed by atoms with Crippen molar-refractivity contribution in [1.29, 1.82) is 0 Å². The molecule has 78 valence electrons. The number of aryl methyl sites for hydroxylation is 1. The van der Waals surface area contributed by atoms with E-state index in [2.05, 4.69) is 10.2 Å². The molecule has 2 N–H and O–H groups in total. The number of hydrogen-bond donors (Lipinski definition) is 2. The Bertz CT molecular complexity index is 484. The van der Waals surface area contributed by atoms with Crippen molar-refractivity contribution >= 4 is 5.97 Å². The van der Waals surface area contributed by atoms with Crippen LogP contribution in [0, 0.1) is 6.92 Å². The lowest BCUT2D eigenvalue weighted by molar-refractivity contribution is -0.136. The zero-order valence-corrected chi connectivity index (χ0v) is 8.15. The van der Waals surface area contributed by atoms with Gasteiger partial charge in [0.25, 0.3) is 0 Å². The number of carboxylic acids is 1. The van der Waals surface area contributed by atoms with Gasteiger partial charge in [-0.05, 0) is 13.0 Å². The van der Waals surface area contributed by atoms with Gasteiger partial charge in [-0.1, -0.05) is 0 Å². The van der Waals surface area contributed by atoms with Crippen LogP contribution in [0.3, 0.4) is 0 Å². The van der Waals surface area contributed by atoms with Gasteiger partial charge < -0.3 is 9.52 Å². The number of furan rings is 1. The highest BCUT2D eigenvalue weighted by Gasteiger charge is 2.14. The number of rotatable bonds is 3. The maximum Gasteiger partial charge on any atom is 0.307 e. The van der Waals surface area contributed by atoms with Gasteiger partial charge in [-0.3, -0.25) is 9.89 Å². The first-order chi connectivity index (χ1) is 7.18. The van der Waals surface area contributed by atoms with E-state index in [1.54, 1.807) is 12.3 Å². The van der Waals surface area contributed by atoms with Gasteiger partial charge in [0.1, 0.15) is 5.76 Å². The maximum atomic E-state index is 10.6. The number of nitrogens with one attached hydrogen (secondary N) is 1. The monoisotopic (exact) mass is 206 g/mol. The van der Waals surface area contributed by atoms with Gasteiger partial charge in [-0.2, -0.15) is 5.10 Å². The lowest BCUT2D eigenvalue weighted by Gasteiger charge is -1.98. The number of carboxylic acid groups (broad SMARTS) is 1. The van der Waals surface area contributed by atoms with Gasteiger partial charge in [0.15, 0.2) is 0 Å². The first kappa shape index (κ1) is 9.51. The van der Waals surface area contributed by atoms with Crippen LogP contribution in [0.4, 0.5) is 0 Å². The van der Waals surface area contributed by atoms with Gasteiger partial charge in [0.2, 0.25) is 0 Å². The summed E-state index contributed by atoms with van der Waals surface area (Å²) in [5.41, 5.74) is 2.32. The molecule has 5 heteroatoms. The Morgan fingerprint density at radius 2 is 2.47 bits per heavy atom. The molecule has 0 bridgehead atoms. The minimum Gasteiger partial charge on any atom is -0.481 e. The van der Waals surface area contributed by atoms with Crippen molar-refractivity contribution in [2.45, 2.75) is 13.3 Å². The zero-order valence-electron chi connectivity index (χ0n) is 8.15. The van der Waals surface area contributed by atoms with Gasteiger partial charge in [-0.15, -0.1) is 0 Å². The van der Waals surface area contributed by atoms with Crippen LogP contribution < -0.4 is 0 Å². The maximum absolute atomic E-state index is 10.6. The molecule has 0 aliphatic carbocycles. The van der Waals surface area contributed by atoms with Gasteiger partial charge in [-0.25, -0.2) is 0 Å². The fraction of sp³-hybridized carbons (Fsp3) is 0.200. The lowest BCUT2D eigenvalue weighted by Crippen LogP contribution is -1.99. The van der Waals surface area contributed by atoms with Crippen LogP contribution in [0.5, 0.6) is 0 Å². The summed E-state index contributed by atoms with van der Waals surface area (Å²) in [6.45, 7) is 1.86. The highest BCUT2D eigenvalue weighted by molar-refractivity contribution is 5.74. The number of aliphatic carboxylic acids is 1. The summed E-state index contributed by atoms with van der Waals surface area (Å²) in [5, 5.41) is 15.4. The average Bonchev–Trinajstić information content (AvgIpc) is 2.73. The molecule has 5 nitrogen and oxygen atoms in total. The SMILES string of the molecule is Cc1[nH]ncc1-c1occc1CC(=O)O. The predicted octanol–water partition coefficient (Wildman–Crippen LogP) is 1.61. The summed E-state index contributed by atoms with van der Waals surface area (Å²) in [7, 11) is 0. The van der Waals surface area contributed by atoms with Gasteiger partial charge in [0, 0.05) is 11.3 Å². The molecule has 0 unspecified atom stereocenters. The van der Waals surface area contributed by atoms with Crippen molar-refractivity contribution < 1.29 is 14.3 Å². The van der Waals surface area contributed by atoms with E-state index in [0.29, 0.717) is 11.3 Å². The van der Waals surface area contributed by atoms with Crippen molar-refractivity contribution in [2.24, 2.45) is 0 Å². The number of nitrogens with zero attached hydrogens (tertiary/aromatic N) is 1. The third-order valence-electron chi connectivity index (χ3n) is 2.16. The Hall–Kier alpha value is -2.04. The third kappa shape index (κ3) is 1.76. The Morgan fingerprint density at radius 3 is 3.07 bits per heavy atom. The van der Waals surface area contributed by atoms with Crippen molar-refractivity contribution in [3.63, 3.8) is 0 Å². The van der Waals surface area contributed by atoms with Crippen molar-refractivity contribution in [3.8, 4) is 11.3 Å². The largest absolute Gasteiger partial charge is 0.481 e. The Balaban J connectivity index is 2.41. The fourth-order valence-corrected chi connectivity index (χ4v) is 1.45. The molecular weight excluding hydrogens is 196 g/mol. The number of carbonyl (C=O) groups is 1. The van der Waals surface area contributed by atoms with E-state index in [-0.39, 0.29) is 6.42 Å². The minimum absolute atomic E-state index is 0.0452. The summed E-state index contributed by atoms with van der Waals surface area (Å²) < 4.78 is 5.27. The van der Waals surface area contributed by atoms with Gasteiger partial charge in [0.05, 0.1) is 24.4 Å². The van der Waals surface area contributed by atoms with Crippen LogP contribution in [0.15, 0.2) is 22.9 Å². The topological polar surface area (TPSA) is 79.1 Å². The van der Waals surface area contributed by atoms with E-state index in [4.69, 9.17) is 9.52 Å². The minimum atomic E-state index is -0.876. The summed E-state index contributed by atoms with van der Waals surface area (Å²) in [4.78, 5) is 10.6. The lowest BCUT2D eigenvalue weighted by atomic mass is 10.1. The second kappa shape index (κ2) is 3.61. The molecule has 2 aromatic rings. The molecule has 0 spiro atoms. The smallest absolute Gasteiger partial charge is 0.307 e. The van der Waals surface area contributed by atoms with E-state index in [1.165, 1.54) is 6.26 Å². The Labute approximate surface area is 85.7 Å². The summed E-state index contributed by atoms with van der Waals surface area (Å²) >= 11 is 0. The summed E-state index contributed by atoms with van der Waals surface area (Å²) in [6.07, 6.45) is 3.07.